The van der Waals surface area contributed by atoms with Crippen molar-refractivity contribution >= 4 is 17.6 Å². The first kappa shape index (κ1) is 11.9. The molecule has 0 saturated heterocycles. The molecule has 0 aliphatic heterocycles. The molecule has 0 spiro atoms. The Hall–Kier alpha value is -1.13. The lowest BCUT2D eigenvalue weighted by molar-refractivity contribution is -0.139. The first-order valence-electron chi connectivity index (χ1n) is 4.41. The Labute approximate surface area is 91.9 Å². The number of carboxylic acid groups (broad SMARTS) is 1. The van der Waals surface area contributed by atoms with Gasteiger partial charge in [0.2, 0.25) is 0 Å². The van der Waals surface area contributed by atoms with Crippen molar-refractivity contribution in [2.24, 2.45) is 0 Å². The standard InChI is InChI=1S/C10H11ClFNO2/c1-6(10(14)15)13-5-7-3-2-4-8(11)9(7)12/h2-4,6,13H,5H2,1H3,(H,14,15)/t6-/m1/s1. The SMILES string of the molecule is C[C@@H](NCc1cccc(Cl)c1F)C(=O)O. The molecule has 0 amide bonds. The van der Waals surface area contributed by atoms with Crippen LogP contribution in [-0.4, -0.2) is 17.1 Å². The Balaban J connectivity index is 2.66. The van der Waals surface area contributed by atoms with Crippen LogP contribution in [0.15, 0.2) is 18.2 Å². The van der Waals surface area contributed by atoms with E-state index in [1.54, 1.807) is 12.1 Å². The maximum Gasteiger partial charge on any atom is 0.320 e. The third-order valence-corrected chi connectivity index (χ3v) is 2.29. The van der Waals surface area contributed by atoms with Crippen LogP contribution in [-0.2, 0) is 11.3 Å². The Morgan fingerprint density at radius 1 is 1.67 bits per heavy atom. The lowest BCUT2D eigenvalue weighted by Gasteiger charge is -2.09. The number of rotatable bonds is 4. The Morgan fingerprint density at radius 2 is 2.33 bits per heavy atom. The molecule has 82 valence electrons. The van der Waals surface area contributed by atoms with Crippen LogP contribution in [0.4, 0.5) is 4.39 Å². The van der Waals surface area contributed by atoms with Crippen LogP contribution in [0.1, 0.15) is 12.5 Å². The number of benzene rings is 1. The molecular formula is C10H11ClFNO2. The summed E-state index contributed by atoms with van der Waals surface area (Å²) < 4.78 is 13.3. The number of halogens is 2. The van der Waals surface area contributed by atoms with Gasteiger partial charge in [0.25, 0.3) is 0 Å². The van der Waals surface area contributed by atoms with Gasteiger partial charge in [0.1, 0.15) is 11.9 Å². The van der Waals surface area contributed by atoms with Gasteiger partial charge in [-0.15, -0.1) is 0 Å². The molecule has 0 aliphatic carbocycles. The fourth-order valence-electron chi connectivity index (χ4n) is 1.04. The maximum atomic E-state index is 13.3. The molecule has 1 aromatic carbocycles. The molecule has 15 heavy (non-hydrogen) atoms. The lowest BCUT2D eigenvalue weighted by atomic mass is 10.2. The summed E-state index contributed by atoms with van der Waals surface area (Å²) >= 11 is 5.57. The van der Waals surface area contributed by atoms with Gasteiger partial charge in [0.15, 0.2) is 0 Å². The second kappa shape index (κ2) is 5.09. The minimum Gasteiger partial charge on any atom is -0.480 e. The van der Waals surface area contributed by atoms with Crippen LogP contribution >= 0.6 is 11.6 Å². The second-order valence-electron chi connectivity index (χ2n) is 3.15. The predicted octanol–water partition coefficient (Wildman–Crippen LogP) is 2.04. The van der Waals surface area contributed by atoms with Crippen molar-refractivity contribution in [3.05, 3.63) is 34.6 Å². The van der Waals surface area contributed by atoms with E-state index in [0.29, 0.717) is 5.56 Å². The maximum absolute atomic E-state index is 13.3. The summed E-state index contributed by atoms with van der Waals surface area (Å²) in [6, 6.07) is 3.90. The molecule has 1 rings (SSSR count). The van der Waals surface area contributed by atoms with E-state index in [2.05, 4.69) is 5.32 Å². The largest absolute Gasteiger partial charge is 0.480 e. The van der Waals surface area contributed by atoms with Gasteiger partial charge in [-0.05, 0) is 13.0 Å². The van der Waals surface area contributed by atoms with E-state index in [1.165, 1.54) is 13.0 Å². The molecule has 0 saturated carbocycles. The van der Waals surface area contributed by atoms with Crippen LogP contribution < -0.4 is 5.32 Å². The molecule has 1 atom stereocenters. The normalized spacial score (nSPS) is 12.5. The third-order valence-electron chi connectivity index (χ3n) is 2.00. The summed E-state index contributed by atoms with van der Waals surface area (Å²) in [5.41, 5.74) is 0.357. The van der Waals surface area contributed by atoms with Crippen LogP contribution in [0, 0.1) is 5.82 Å². The molecule has 1 aromatic rings. The van der Waals surface area contributed by atoms with Crippen LogP contribution in [0.5, 0.6) is 0 Å². The summed E-state index contributed by atoms with van der Waals surface area (Å²) in [5.74, 6) is -1.48. The van der Waals surface area contributed by atoms with Crippen LogP contribution in [0.3, 0.4) is 0 Å². The molecule has 3 nitrogen and oxygen atoms in total. The molecule has 0 heterocycles. The molecule has 2 N–H and O–H groups in total. The number of carbonyl (C=O) groups is 1. The highest BCUT2D eigenvalue weighted by atomic mass is 35.5. The van der Waals surface area contributed by atoms with Crippen molar-refractivity contribution in [1.29, 1.82) is 0 Å². The van der Waals surface area contributed by atoms with E-state index in [4.69, 9.17) is 16.7 Å². The van der Waals surface area contributed by atoms with Crippen molar-refractivity contribution in [2.75, 3.05) is 0 Å². The zero-order valence-electron chi connectivity index (χ0n) is 8.13. The highest BCUT2D eigenvalue weighted by molar-refractivity contribution is 6.30. The predicted molar refractivity (Wildman–Crippen MR) is 55.3 cm³/mol. The van der Waals surface area contributed by atoms with Gasteiger partial charge in [-0.25, -0.2) is 4.39 Å². The van der Waals surface area contributed by atoms with Gasteiger partial charge in [-0.3, -0.25) is 4.79 Å². The number of hydrogen-bond donors (Lipinski definition) is 2. The molecule has 0 aliphatic rings. The summed E-state index contributed by atoms with van der Waals surface area (Å²) in [6.45, 7) is 1.63. The quantitative estimate of drug-likeness (QED) is 0.834. The first-order valence-corrected chi connectivity index (χ1v) is 4.79. The number of hydrogen-bond acceptors (Lipinski definition) is 2. The van der Waals surface area contributed by atoms with Gasteiger partial charge in [-0.1, -0.05) is 23.7 Å². The summed E-state index contributed by atoms with van der Waals surface area (Å²) in [6.07, 6.45) is 0. The van der Waals surface area contributed by atoms with E-state index < -0.39 is 17.8 Å². The van der Waals surface area contributed by atoms with E-state index in [1.807, 2.05) is 0 Å². The summed E-state index contributed by atoms with van der Waals surface area (Å²) in [5, 5.41) is 11.3. The van der Waals surface area contributed by atoms with E-state index in [-0.39, 0.29) is 11.6 Å². The number of aliphatic carboxylic acids is 1. The fourth-order valence-corrected chi connectivity index (χ4v) is 1.23. The molecular weight excluding hydrogens is 221 g/mol. The van der Waals surface area contributed by atoms with Gasteiger partial charge in [-0.2, -0.15) is 0 Å². The average molecular weight is 232 g/mol. The highest BCUT2D eigenvalue weighted by Crippen LogP contribution is 2.17. The fraction of sp³-hybridized carbons (Fsp3) is 0.300. The minimum absolute atomic E-state index is 0.0391. The molecule has 0 aromatic heterocycles. The summed E-state index contributed by atoms with van der Waals surface area (Å²) in [4.78, 5) is 10.5. The van der Waals surface area contributed by atoms with E-state index >= 15 is 0 Å². The van der Waals surface area contributed by atoms with Crippen molar-refractivity contribution < 1.29 is 14.3 Å². The van der Waals surface area contributed by atoms with Crippen molar-refractivity contribution in [1.82, 2.24) is 5.32 Å². The van der Waals surface area contributed by atoms with E-state index in [9.17, 15) is 9.18 Å². The van der Waals surface area contributed by atoms with Gasteiger partial charge in [0.05, 0.1) is 5.02 Å². The van der Waals surface area contributed by atoms with Crippen molar-refractivity contribution in [2.45, 2.75) is 19.5 Å². The zero-order chi connectivity index (χ0) is 11.4. The molecule has 0 radical (unpaired) electrons. The third kappa shape index (κ3) is 3.18. The van der Waals surface area contributed by atoms with E-state index in [0.717, 1.165) is 0 Å². The number of carboxylic acids is 1. The Morgan fingerprint density at radius 3 is 2.93 bits per heavy atom. The van der Waals surface area contributed by atoms with Crippen LogP contribution in [0.2, 0.25) is 5.02 Å². The van der Waals surface area contributed by atoms with Gasteiger partial charge < -0.3 is 10.4 Å². The van der Waals surface area contributed by atoms with Gasteiger partial charge >= 0.3 is 5.97 Å². The monoisotopic (exact) mass is 231 g/mol. The van der Waals surface area contributed by atoms with Crippen molar-refractivity contribution in [3.8, 4) is 0 Å². The first-order chi connectivity index (χ1) is 7.02. The molecule has 5 heteroatoms. The molecule has 0 unspecified atom stereocenters. The highest BCUT2D eigenvalue weighted by Gasteiger charge is 2.11. The Bertz CT molecular complexity index is 370. The summed E-state index contributed by atoms with van der Waals surface area (Å²) in [7, 11) is 0. The minimum atomic E-state index is -0.975. The molecule has 0 bridgehead atoms. The van der Waals surface area contributed by atoms with Gasteiger partial charge in [0, 0.05) is 12.1 Å². The zero-order valence-corrected chi connectivity index (χ0v) is 8.88. The Kier molecular flexibility index (Phi) is 4.05. The van der Waals surface area contributed by atoms with Crippen molar-refractivity contribution in [3.63, 3.8) is 0 Å². The van der Waals surface area contributed by atoms with Crippen LogP contribution in [0.25, 0.3) is 0 Å². The smallest absolute Gasteiger partial charge is 0.320 e. The second-order valence-corrected chi connectivity index (χ2v) is 3.56. The number of nitrogens with one attached hydrogen (secondary N) is 1. The molecule has 0 fully saturated rings. The topological polar surface area (TPSA) is 49.3 Å². The lowest BCUT2D eigenvalue weighted by Crippen LogP contribution is -2.33. The average Bonchev–Trinajstić information content (AvgIpc) is 2.19.